The number of Topliss-reactive ketones (excluding diaryl/α,β-unsaturated/α-hetero) is 1. The number of carbonyl (C=O) groups is 1. The summed E-state index contributed by atoms with van der Waals surface area (Å²) in [4.78, 5) is 17.5. The Hall–Kier alpha value is -0.140. The third-order valence-electron chi connectivity index (χ3n) is 5.05. The molecule has 106 valence electrons. The number of hydroxylamine groups is 2. The fourth-order valence-corrected chi connectivity index (χ4v) is 5.32. The predicted octanol–water partition coefficient (Wildman–Crippen LogP) is 1.38. The molecule has 19 heavy (non-hydrogen) atoms. The lowest BCUT2D eigenvalue weighted by atomic mass is 9.69. The van der Waals surface area contributed by atoms with Crippen molar-refractivity contribution in [3.8, 4) is 0 Å². The lowest BCUT2D eigenvalue weighted by Crippen LogP contribution is -2.45. The van der Waals surface area contributed by atoms with Gasteiger partial charge in [0.25, 0.3) is 15.5 Å². The molecule has 1 heterocycles. The second-order valence-corrected chi connectivity index (χ2v) is 8.18. The molecule has 8 heteroatoms. The van der Waals surface area contributed by atoms with Gasteiger partial charge in [0.2, 0.25) is 0 Å². The minimum Gasteiger partial charge on any atom is -0.296 e. The molecule has 2 bridgehead atoms. The maximum absolute atomic E-state index is 12.6. The summed E-state index contributed by atoms with van der Waals surface area (Å²) in [7, 11) is -2.41. The summed E-state index contributed by atoms with van der Waals surface area (Å²) >= 11 is 12.4. The van der Waals surface area contributed by atoms with Crippen LogP contribution < -0.4 is 0 Å². The van der Waals surface area contributed by atoms with Crippen molar-refractivity contribution in [2.75, 3.05) is 6.54 Å². The Balaban J connectivity index is 1.99. The molecular weight excluding hydrogens is 313 g/mol. The van der Waals surface area contributed by atoms with Gasteiger partial charge in [0.15, 0.2) is 10.1 Å². The minimum atomic E-state index is -2.41. The average molecular weight is 326 g/mol. The zero-order valence-electron chi connectivity index (χ0n) is 10.4. The van der Waals surface area contributed by atoms with E-state index >= 15 is 0 Å². The minimum absolute atomic E-state index is 0.114. The van der Waals surface area contributed by atoms with Crippen LogP contribution in [0.2, 0.25) is 0 Å². The molecule has 2 saturated carbocycles. The highest BCUT2D eigenvalue weighted by molar-refractivity contribution is 7.72. The first-order valence-corrected chi connectivity index (χ1v) is 7.82. The average Bonchev–Trinajstić information content (AvgIpc) is 2.96. The highest BCUT2D eigenvalue weighted by atomic mass is 35.5. The molecule has 0 aromatic carbocycles. The highest BCUT2D eigenvalue weighted by Gasteiger charge is 2.75. The van der Waals surface area contributed by atoms with E-state index in [1.54, 1.807) is 0 Å². The Labute approximate surface area is 122 Å². The first kappa shape index (κ1) is 13.8. The summed E-state index contributed by atoms with van der Waals surface area (Å²) < 4.78 is 20.2. The fourth-order valence-electron chi connectivity index (χ4n) is 3.81. The summed E-state index contributed by atoms with van der Waals surface area (Å²) in [5.41, 5.74) is -1.13. The molecular formula is C11H13Cl2NO4S. The number of ketones is 1. The number of halogens is 2. The van der Waals surface area contributed by atoms with Crippen molar-refractivity contribution in [2.24, 2.45) is 16.7 Å². The van der Waals surface area contributed by atoms with Gasteiger partial charge in [-0.2, -0.15) is 8.42 Å². The first-order valence-electron chi connectivity index (χ1n) is 5.99. The zero-order valence-corrected chi connectivity index (χ0v) is 12.8. The highest BCUT2D eigenvalue weighted by Crippen LogP contribution is 2.70. The molecule has 3 rings (SSSR count). The van der Waals surface area contributed by atoms with E-state index in [-0.39, 0.29) is 28.8 Å². The standard InChI is InChI=1S/C11H13Cl2NO4S/c1-9(2)6-3-4-10(9,7(15)11(6,12)13)5-14-8(18-14)19(16)17/h6H,3-5H2,1-2H3. The van der Waals surface area contributed by atoms with Crippen molar-refractivity contribution in [1.82, 2.24) is 5.06 Å². The van der Waals surface area contributed by atoms with Crippen LogP contribution in [0.1, 0.15) is 26.7 Å². The van der Waals surface area contributed by atoms with Crippen molar-refractivity contribution in [2.45, 2.75) is 31.0 Å². The van der Waals surface area contributed by atoms with Crippen LogP contribution in [0.5, 0.6) is 0 Å². The fraction of sp³-hybridized carbons (Fsp3) is 0.818. The molecule has 1 saturated heterocycles. The van der Waals surface area contributed by atoms with Crippen LogP contribution >= 0.6 is 23.2 Å². The summed E-state index contributed by atoms with van der Waals surface area (Å²) in [5, 5.41) is 1.11. The van der Waals surface area contributed by atoms with Gasteiger partial charge in [-0.3, -0.25) is 4.79 Å². The second kappa shape index (κ2) is 3.74. The monoisotopic (exact) mass is 325 g/mol. The number of hydrogen-bond donors (Lipinski definition) is 0. The van der Waals surface area contributed by atoms with E-state index in [1.807, 2.05) is 13.8 Å². The molecule has 0 spiro atoms. The van der Waals surface area contributed by atoms with Gasteiger partial charge >= 0.3 is 0 Å². The van der Waals surface area contributed by atoms with Crippen LogP contribution in [0.3, 0.4) is 0 Å². The maximum Gasteiger partial charge on any atom is 0.290 e. The number of nitrogens with zero attached hydrogens (tertiary/aromatic N) is 1. The zero-order chi connectivity index (χ0) is 14.2. The smallest absolute Gasteiger partial charge is 0.290 e. The predicted molar refractivity (Wildman–Crippen MR) is 70.1 cm³/mol. The summed E-state index contributed by atoms with van der Waals surface area (Å²) in [6.45, 7) is 4.12. The van der Waals surface area contributed by atoms with Crippen molar-refractivity contribution in [3.63, 3.8) is 0 Å². The van der Waals surface area contributed by atoms with E-state index in [4.69, 9.17) is 28.0 Å². The number of rotatable bonds is 2. The molecule has 0 radical (unpaired) electrons. The molecule has 1 aliphatic heterocycles. The van der Waals surface area contributed by atoms with Crippen LogP contribution in [-0.2, 0) is 19.9 Å². The summed E-state index contributed by atoms with van der Waals surface area (Å²) in [6, 6.07) is 0. The van der Waals surface area contributed by atoms with Crippen molar-refractivity contribution in [3.05, 3.63) is 0 Å². The molecule has 3 atom stereocenters. The molecule has 0 aromatic heterocycles. The molecule has 3 aliphatic rings. The van der Waals surface area contributed by atoms with Gasteiger partial charge in [-0.25, -0.2) is 4.84 Å². The summed E-state index contributed by atoms with van der Waals surface area (Å²) in [5.74, 6) is -0.326. The maximum atomic E-state index is 12.6. The van der Waals surface area contributed by atoms with E-state index < -0.39 is 20.0 Å². The SMILES string of the molecule is CC1(C)C2CCC1(CN1OC1=S(=O)=O)C(=O)C2(Cl)Cl. The normalized spacial score (nSPS) is 41.7. The Kier molecular flexibility index (Phi) is 2.72. The van der Waals surface area contributed by atoms with Gasteiger partial charge in [0.1, 0.15) is 0 Å². The van der Waals surface area contributed by atoms with E-state index in [1.165, 1.54) is 5.06 Å². The molecule has 0 N–H and O–H groups in total. The second-order valence-electron chi connectivity index (χ2n) is 5.98. The van der Waals surface area contributed by atoms with Crippen molar-refractivity contribution >= 4 is 44.5 Å². The Morgan fingerprint density at radius 2 is 2.05 bits per heavy atom. The lowest BCUT2D eigenvalue weighted by Gasteiger charge is -2.35. The van der Waals surface area contributed by atoms with Crippen LogP contribution in [0.25, 0.3) is 0 Å². The number of alkyl halides is 2. The number of fused-ring (bicyclic) bond motifs is 2. The third kappa shape index (κ3) is 1.55. The quantitative estimate of drug-likeness (QED) is 0.436. The molecule has 0 aromatic rings. The van der Waals surface area contributed by atoms with E-state index in [9.17, 15) is 13.2 Å². The number of hydrogen-bond acceptors (Lipinski definition) is 4. The Bertz CT molecular complexity index is 604. The van der Waals surface area contributed by atoms with E-state index in [2.05, 4.69) is 0 Å². The van der Waals surface area contributed by atoms with Gasteiger partial charge in [-0.1, -0.05) is 37.0 Å². The van der Waals surface area contributed by atoms with Gasteiger partial charge in [-0.15, -0.1) is 5.06 Å². The van der Waals surface area contributed by atoms with Gasteiger partial charge in [-0.05, 0) is 18.3 Å². The van der Waals surface area contributed by atoms with Gasteiger partial charge < -0.3 is 0 Å². The Morgan fingerprint density at radius 3 is 2.47 bits per heavy atom. The first-order chi connectivity index (χ1) is 8.64. The molecule has 3 fully saturated rings. The van der Waals surface area contributed by atoms with Crippen molar-refractivity contribution in [1.29, 1.82) is 0 Å². The topological polar surface area (TPSA) is 66.8 Å². The lowest BCUT2D eigenvalue weighted by molar-refractivity contribution is -0.131. The molecule has 2 aliphatic carbocycles. The molecule has 0 amide bonds. The number of carbonyl (C=O) groups excluding carboxylic acids is 1. The van der Waals surface area contributed by atoms with Gasteiger partial charge in [0.05, 0.1) is 5.41 Å². The van der Waals surface area contributed by atoms with Crippen LogP contribution in [-0.4, -0.2) is 35.3 Å². The van der Waals surface area contributed by atoms with E-state index in [0.29, 0.717) is 6.42 Å². The largest absolute Gasteiger partial charge is 0.296 e. The van der Waals surface area contributed by atoms with Crippen molar-refractivity contribution < 1.29 is 18.0 Å². The van der Waals surface area contributed by atoms with Crippen LogP contribution in [0, 0.1) is 16.7 Å². The summed E-state index contributed by atoms with van der Waals surface area (Å²) in [6.07, 6.45) is 1.42. The van der Waals surface area contributed by atoms with Crippen LogP contribution in [0.4, 0.5) is 0 Å². The Morgan fingerprint density at radius 1 is 1.42 bits per heavy atom. The van der Waals surface area contributed by atoms with Crippen LogP contribution in [0.15, 0.2) is 0 Å². The van der Waals surface area contributed by atoms with E-state index in [0.717, 1.165) is 6.42 Å². The third-order valence-corrected chi connectivity index (χ3v) is 6.49. The van der Waals surface area contributed by atoms with Gasteiger partial charge in [0, 0.05) is 12.5 Å². The molecule has 3 unspecified atom stereocenters. The molecule has 5 nitrogen and oxygen atoms in total.